The Labute approximate surface area is 350 Å². The van der Waals surface area contributed by atoms with Crippen molar-refractivity contribution in [2.45, 2.75) is 63.4 Å². The van der Waals surface area contributed by atoms with E-state index in [2.05, 4.69) is 67.5 Å². The van der Waals surface area contributed by atoms with Gasteiger partial charge in [-0.25, -0.2) is 0 Å². The van der Waals surface area contributed by atoms with E-state index in [4.69, 9.17) is 33.2 Å². The van der Waals surface area contributed by atoms with E-state index < -0.39 is 38.3 Å². The van der Waals surface area contributed by atoms with E-state index in [1.165, 1.54) is 0 Å². The molecule has 0 fully saturated rings. The van der Waals surface area contributed by atoms with Crippen LogP contribution in [0.4, 0.5) is 0 Å². The summed E-state index contributed by atoms with van der Waals surface area (Å²) in [6, 6.07) is 55.7. The first-order chi connectivity index (χ1) is 28.7. The highest BCUT2D eigenvalue weighted by atomic mass is 28.3. The maximum atomic E-state index is 7.66. The monoisotopic (exact) mass is 806 g/mol. The van der Waals surface area contributed by atoms with Gasteiger partial charge in [0.1, 0.15) is 42.8 Å². The van der Waals surface area contributed by atoms with Gasteiger partial charge in [-0.1, -0.05) is 147 Å². The summed E-state index contributed by atoms with van der Waals surface area (Å²) in [6.45, 7) is 9.11. The fourth-order valence-electron chi connectivity index (χ4n) is 6.73. The van der Waals surface area contributed by atoms with Crippen LogP contribution < -0.4 is 18.9 Å². The first-order valence-electron chi connectivity index (χ1n) is 20.0. The number of methoxy groups -OCH3 is 2. The van der Waals surface area contributed by atoms with Gasteiger partial charge >= 0.3 is 0 Å². The molecule has 304 valence electrons. The molecule has 6 aromatic carbocycles. The van der Waals surface area contributed by atoms with Gasteiger partial charge in [-0.3, -0.25) is 0 Å². The van der Waals surface area contributed by atoms with Gasteiger partial charge in [0.15, 0.2) is 18.5 Å². The molecule has 6 rings (SSSR count). The van der Waals surface area contributed by atoms with Gasteiger partial charge in [-0.05, 0) is 77.7 Å². The molecule has 0 spiro atoms. The number of ether oxygens (including phenoxy) is 7. The Hall–Kier alpha value is -5.82. The average Bonchev–Trinajstić information content (AvgIpc) is 3.28. The summed E-state index contributed by atoms with van der Waals surface area (Å²) >= 11 is 0. The molecule has 0 N–H and O–H groups in total. The summed E-state index contributed by atoms with van der Waals surface area (Å²) in [5.74, 6) is 6.10. The van der Waals surface area contributed by atoms with Crippen molar-refractivity contribution in [3.8, 4) is 34.5 Å². The third kappa shape index (κ3) is 11.4. The van der Waals surface area contributed by atoms with Crippen LogP contribution in [0.3, 0.4) is 0 Å². The Balaban J connectivity index is 1.58. The van der Waals surface area contributed by atoms with Crippen LogP contribution >= 0.6 is 0 Å². The van der Waals surface area contributed by atoms with Crippen LogP contribution in [0.1, 0.15) is 29.2 Å². The van der Waals surface area contributed by atoms with Crippen molar-refractivity contribution in [3.05, 3.63) is 192 Å². The predicted molar refractivity (Wildman–Crippen MR) is 237 cm³/mol. The van der Waals surface area contributed by atoms with Gasteiger partial charge in [-0.15, -0.1) is 5.54 Å². The van der Waals surface area contributed by atoms with Crippen LogP contribution in [-0.4, -0.2) is 53.5 Å². The van der Waals surface area contributed by atoms with Gasteiger partial charge in [0.05, 0.1) is 20.8 Å². The first-order valence-corrected chi connectivity index (χ1v) is 23.5. The lowest BCUT2D eigenvalue weighted by Crippen LogP contribution is -2.55. The molecule has 0 aliphatic rings. The fraction of sp³-hybridized carbons (Fsp3) is 0.255. The third-order valence-corrected chi connectivity index (χ3v) is 10.5. The van der Waals surface area contributed by atoms with E-state index in [0.29, 0.717) is 29.6 Å². The molecule has 0 saturated heterocycles. The molecule has 59 heavy (non-hydrogen) atoms. The number of benzene rings is 6. The summed E-state index contributed by atoms with van der Waals surface area (Å²) in [5, 5.41) is 0. The van der Waals surface area contributed by atoms with Crippen molar-refractivity contribution < 1.29 is 33.2 Å². The van der Waals surface area contributed by atoms with E-state index in [-0.39, 0.29) is 6.61 Å². The van der Waals surface area contributed by atoms with Crippen molar-refractivity contribution in [2.24, 2.45) is 0 Å². The number of hydrogen-bond acceptors (Lipinski definition) is 7. The molecule has 0 aliphatic carbocycles. The van der Waals surface area contributed by atoms with Crippen LogP contribution in [0, 0.1) is 11.5 Å². The largest absolute Gasteiger partial charge is 0.497 e. The molecular weight excluding hydrogens is 753 g/mol. The van der Waals surface area contributed by atoms with Crippen LogP contribution in [0.2, 0.25) is 19.6 Å². The lowest BCUT2D eigenvalue weighted by atomic mass is 9.80. The molecule has 4 atom stereocenters. The maximum Gasteiger partial charge on any atom is 0.199 e. The average molecular weight is 807 g/mol. The van der Waals surface area contributed by atoms with Gasteiger partial charge < -0.3 is 33.2 Å². The smallest absolute Gasteiger partial charge is 0.199 e. The highest BCUT2D eigenvalue weighted by molar-refractivity contribution is 6.83. The molecule has 0 aliphatic heterocycles. The minimum atomic E-state index is -1.95. The highest BCUT2D eigenvalue weighted by Gasteiger charge is 2.47. The van der Waals surface area contributed by atoms with Crippen LogP contribution in [0.25, 0.3) is 0 Å². The summed E-state index contributed by atoms with van der Waals surface area (Å²) < 4.78 is 46.5. The van der Waals surface area contributed by atoms with Crippen LogP contribution in [0.15, 0.2) is 170 Å². The minimum absolute atomic E-state index is 0.241. The first kappa shape index (κ1) is 42.8. The Bertz CT molecular complexity index is 2090. The van der Waals surface area contributed by atoms with Gasteiger partial charge in [0, 0.05) is 6.61 Å². The minimum Gasteiger partial charge on any atom is -0.497 e. The standard InChI is InChI=1S/C51H54O7Si/c1-7-54-50(58-51(40-22-14-9-15-23-40,41-24-16-10-17-25-41)42-26-18-11-19-27-42)49(57-46-34-30-44(53-3)31-35-46)48(55-38-39-20-12-8-13-21-39)47(36-37-59(4,5)6)56-45-32-28-43(52-2)29-33-45/h8-35,47-50H,7,38H2,1-6H3/t47-,48+,49-,50+/m0/s1. The third-order valence-electron chi connectivity index (χ3n) is 9.58. The molecule has 6 aromatic rings. The lowest BCUT2D eigenvalue weighted by Gasteiger charge is -2.42. The van der Waals surface area contributed by atoms with Crippen molar-refractivity contribution in [2.75, 3.05) is 20.8 Å². The molecule has 8 heteroatoms. The zero-order valence-corrected chi connectivity index (χ0v) is 35.7. The summed E-state index contributed by atoms with van der Waals surface area (Å²) in [7, 11) is 1.33. The van der Waals surface area contributed by atoms with E-state index in [1.807, 2.05) is 140 Å². The highest BCUT2D eigenvalue weighted by Crippen LogP contribution is 2.43. The Morgan fingerprint density at radius 3 is 1.36 bits per heavy atom. The van der Waals surface area contributed by atoms with Crippen LogP contribution in [-0.2, 0) is 26.4 Å². The summed E-state index contributed by atoms with van der Waals surface area (Å²) in [5.41, 5.74) is 6.13. The van der Waals surface area contributed by atoms with Crippen molar-refractivity contribution in [3.63, 3.8) is 0 Å². The zero-order chi connectivity index (χ0) is 41.5. The lowest BCUT2D eigenvalue weighted by molar-refractivity contribution is -0.250. The molecule has 0 amide bonds. The fourth-order valence-corrected chi connectivity index (χ4v) is 7.31. The molecule has 7 nitrogen and oxygen atoms in total. The van der Waals surface area contributed by atoms with Crippen molar-refractivity contribution in [1.29, 1.82) is 0 Å². The second-order valence-corrected chi connectivity index (χ2v) is 19.7. The molecule has 0 radical (unpaired) electrons. The molecule has 0 heterocycles. The summed E-state index contributed by atoms with van der Waals surface area (Å²) in [6.07, 6.45) is -3.73. The molecule has 0 bridgehead atoms. The van der Waals surface area contributed by atoms with E-state index in [0.717, 1.165) is 22.3 Å². The normalized spacial score (nSPS) is 13.5. The second-order valence-electron chi connectivity index (χ2n) is 15.0. The molecular formula is C51H54O7Si. The van der Waals surface area contributed by atoms with E-state index >= 15 is 0 Å². The predicted octanol–water partition coefficient (Wildman–Crippen LogP) is 10.7. The van der Waals surface area contributed by atoms with Crippen molar-refractivity contribution >= 4 is 8.07 Å². The maximum absolute atomic E-state index is 7.66. The van der Waals surface area contributed by atoms with Gasteiger partial charge in [0.2, 0.25) is 0 Å². The topological polar surface area (TPSA) is 64.6 Å². The second kappa shape index (κ2) is 20.7. The van der Waals surface area contributed by atoms with Gasteiger partial charge in [0.25, 0.3) is 0 Å². The number of hydrogen-bond donors (Lipinski definition) is 0. The van der Waals surface area contributed by atoms with E-state index in [9.17, 15) is 0 Å². The zero-order valence-electron chi connectivity index (χ0n) is 34.7. The summed E-state index contributed by atoms with van der Waals surface area (Å²) in [4.78, 5) is 0. The Morgan fingerprint density at radius 2 is 0.932 bits per heavy atom. The van der Waals surface area contributed by atoms with Gasteiger partial charge in [-0.2, -0.15) is 0 Å². The van der Waals surface area contributed by atoms with E-state index in [1.54, 1.807) is 14.2 Å². The SMILES string of the molecule is CCO[C@H](OC(c1ccccc1)(c1ccccc1)c1ccccc1)[C@@H](Oc1ccc(OC)cc1)[C@H](OCc1ccccc1)[C@H](C#C[Si](C)(C)C)Oc1ccc(OC)cc1. The Kier molecular flexibility index (Phi) is 15.0. The van der Waals surface area contributed by atoms with Crippen LogP contribution in [0.5, 0.6) is 23.0 Å². The molecule has 0 saturated carbocycles. The Morgan fingerprint density at radius 1 is 0.508 bits per heavy atom. The molecule has 0 aromatic heterocycles. The molecule has 0 unspecified atom stereocenters. The quantitative estimate of drug-likeness (QED) is 0.0350. The number of rotatable bonds is 19. The van der Waals surface area contributed by atoms with Crippen molar-refractivity contribution in [1.82, 2.24) is 0 Å².